The molecule has 0 fully saturated rings. The highest BCUT2D eigenvalue weighted by molar-refractivity contribution is 4.93. The zero-order chi connectivity index (χ0) is 7.23. The lowest BCUT2D eigenvalue weighted by Crippen LogP contribution is -1.94. The van der Waals surface area contributed by atoms with Gasteiger partial charge in [-0.2, -0.15) is 0 Å². The number of nitrogens with two attached hydrogens (primary N) is 1. The Morgan fingerprint density at radius 2 is 1.90 bits per heavy atom. The third kappa shape index (κ3) is 2.07. The first-order valence-electron chi connectivity index (χ1n) is 3.39. The molecule has 2 heteroatoms. The molecule has 2 nitrogen and oxygen atoms in total. The van der Waals surface area contributed by atoms with E-state index in [4.69, 9.17) is 5.73 Å². The Labute approximate surface area is 61.0 Å². The summed E-state index contributed by atoms with van der Waals surface area (Å²) in [4.78, 5) is 0. The van der Waals surface area contributed by atoms with Gasteiger partial charge in [-0.15, -0.1) is 0 Å². The van der Waals surface area contributed by atoms with Crippen LogP contribution in [0, 0.1) is 0 Å². The first kappa shape index (κ1) is 7.09. The van der Waals surface area contributed by atoms with E-state index in [1.807, 2.05) is 30.6 Å². The predicted molar refractivity (Wildman–Crippen MR) is 42.6 cm³/mol. The van der Waals surface area contributed by atoms with Crippen molar-refractivity contribution < 1.29 is 0 Å². The van der Waals surface area contributed by atoms with E-state index in [0.29, 0.717) is 6.54 Å². The van der Waals surface area contributed by atoms with Crippen LogP contribution in [0.25, 0.3) is 0 Å². The summed E-state index contributed by atoms with van der Waals surface area (Å²) >= 11 is 0. The molecule has 0 aliphatic carbocycles. The molecule has 0 aromatic carbocycles. The molecule has 1 aromatic heterocycles. The fraction of sp³-hybridized carbons (Fsp3) is 0.250. The summed E-state index contributed by atoms with van der Waals surface area (Å²) < 4.78 is 2.09. The molecule has 0 aliphatic heterocycles. The Balaban J connectivity index is 2.34. The number of rotatable bonds is 3. The van der Waals surface area contributed by atoms with Crippen molar-refractivity contribution in [3.63, 3.8) is 0 Å². The highest BCUT2D eigenvalue weighted by Crippen LogP contribution is 1.89. The van der Waals surface area contributed by atoms with Crippen LogP contribution in [0.15, 0.2) is 36.7 Å². The second kappa shape index (κ2) is 3.90. The van der Waals surface area contributed by atoms with E-state index in [9.17, 15) is 0 Å². The van der Waals surface area contributed by atoms with Gasteiger partial charge in [0.15, 0.2) is 0 Å². The maximum atomic E-state index is 5.27. The van der Waals surface area contributed by atoms with Gasteiger partial charge in [-0.1, -0.05) is 12.2 Å². The lowest BCUT2D eigenvalue weighted by atomic mass is 10.5. The average Bonchev–Trinajstić information content (AvgIpc) is 2.41. The largest absolute Gasteiger partial charge is 0.351 e. The minimum absolute atomic E-state index is 0.626. The van der Waals surface area contributed by atoms with Crippen LogP contribution in [0.1, 0.15) is 0 Å². The maximum Gasteiger partial charge on any atom is 0.0400 e. The minimum atomic E-state index is 0.626. The third-order valence-electron chi connectivity index (χ3n) is 1.29. The third-order valence-corrected chi connectivity index (χ3v) is 1.29. The van der Waals surface area contributed by atoms with Gasteiger partial charge in [0.1, 0.15) is 0 Å². The monoisotopic (exact) mass is 136 g/mol. The number of hydrogen-bond acceptors (Lipinski definition) is 1. The molecule has 10 heavy (non-hydrogen) atoms. The maximum absolute atomic E-state index is 5.27. The summed E-state index contributed by atoms with van der Waals surface area (Å²) in [5, 5.41) is 0. The predicted octanol–water partition coefficient (Wildman–Crippen LogP) is 1.00. The minimum Gasteiger partial charge on any atom is -0.351 e. The van der Waals surface area contributed by atoms with E-state index in [0.717, 1.165) is 6.54 Å². The molecule has 1 aromatic rings. The molecule has 1 heterocycles. The molecule has 0 saturated heterocycles. The van der Waals surface area contributed by atoms with Crippen molar-refractivity contribution in [3.8, 4) is 0 Å². The lowest BCUT2D eigenvalue weighted by molar-refractivity contribution is 0.828. The van der Waals surface area contributed by atoms with Crippen LogP contribution in [0.5, 0.6) is 0 Å². The van der Waals surface area contributed by atoms with E-state index < -0.39 is 0 Å². The Morgan fingerprint density at radius 1 is 1.20 bits per heavy atom. The van der Waals surface area contributed by atoms with Crippen molar-refractivity contribution in [1.82, 2.24) is 4.57 Å². The SMILES string of the molecule is NCC=CCn1cccc1. The van der Waals surface area contributed by atoms with Gasteiger partial charge < -0.3 is 10.3 Å². The summed E-state index contributed by atoms with van der Waals surface area (Å²) in [6.45, 7) is 1.55. The van der Waals surface area contributed by atoms with Gasteiger partial charge in [0.25, 0.3) is 0 Å². The standard InChI is InChI=1S/C8H12N2/c9-5-1-2-6-10-7-3-4-8-10/h1-4,7-8H,5-6,9H2. The van der Waals surface area contributed by atoms with Crippen molar-refractivity contribution >= 4 is 0 Å². The molecule has 0 amide bonds. The summed E-state index contributed by atoms with van der Waals surface area (Å²) in [7, 11) is 0. The smallest absolute Gasteiger partial charge is 0.0400 e. The van der Waals surface area contributed by atoms with Crippen molar-refractivity contribution in [2.45, 2.75) is 6.54 Å². The van der Waals surface area contributed by atoms with E-state index in [1.54, 1.807) is 0 Å². The molecule has 1 rings (SSSR count). The topological polar surface area (TPSA) is 30.9 Å². The van der Waals surface area contributed by atoms with Gasteiger partial charge in [0.05, 0.1) is 0 Å². The highest BCUT2D eigenvalue weighted by atomic mass is 14.9. The van der Waals surface area contributed by atoms with Gasteiger partial charge in [-0.3, -0.25) is 0 Å². The highest BCUT2D eigenvalue weighted by Gasteiger charge is 1.80. The summed E-state index contributed by atoms with van der Waals surface area (Å²) in [6.07, 6.45) is 8.07. The van der Waals surface area contributed by atoms with Crippen LogP contribution in [-0.2, 0) is 6.54 Å². The molecular weight excluding hydrogens is 124 g/mol. The Bertz CT molecular complexity index is 187. The van der Waals surface area contributed by atoms with Crippen LogP contribution in [0.2, 0.25) is 0 Å². The number of hydrogen-bond donors (Lipinski definition) is 1. The second-order valence-electron chi connectivity index (χ2n) is 2.09. The Morgan fingerprint density at radius 3 is 2.50 bits per heavy atom. The van der Waals surface area contributed by atoms with Gasteiger partial charge >= 0.3 is 0 Å². The van der Waals surface area contributed by atoms with Crippen molar-refractivity contribution in [3.05, 3.63) is 36.7 Å². The van der Waals surface area contributed by atoms with Crippen molar-refractivity contribution in [2.24, 2.45) is 5.73 Å². The molecule has 2 N–H and O–H groups in total. The van der Waals surface area contributed by atoms with Crippen LogP contribution in [-0.4, -0.2) is 11.1 Å². The average molecular weight is 136 g/mol. The number of nitrogens with zero attached hydrogens (tertiary/aromatic N) is 1. The number of allylic oxidation sites excluding steroid dienone is 1. The van der Waals surface area contributed by atoms with Crippen LogP contribution in [0.4, 0.5) is 0 Å². The zero-order valence-electron chi connectivity index (χ0n) is 5.90. The molecule has 0 unspecified atom stereocenters. The fourth-order valence-electron chi connectivity index (χ4n) is 0.784. The van der Waals surface area contributed by atoms with E-state index in [2.05, 4.69) is 10.6 Å². The fourth-order valence-corrected chi connectivity index (χ4v) is 0.784. The molecule has 0 aliphatic rings. The second-order valence-corrected chi connectivity index (χ2v) is 2.09. The van der Waals surface area contributed by atoms with Gasteiger partial charge in [-0.25, -0.2) is 0 Å². The molecule has 0 spiro atoms. The van der Waals surface area contributed by atoms with Crippen molar-refractivity contribution in [1.29, 1.82) is 0 Å². The summed E-state index contributed by atoms with van der Waals surface area (Å²) in [5.74, 6) is 0. The molecule has 0 saturated carbocycles. The molecule has 54 valence electrons. The summed E-state index contributed by atoms with van der Waals surface area (Å²) in [5.41, 5.74) is 5.27. The van der Waals surface area contributed by atoms with Gasteiger partial charge in [-0.05, 0) is 12.1 Å². The Hall–Kier alpha value is -1.02. The molecular formula is C8H12N2. The zero-order valence-corrected chi connectivity index (χ0v) is 5.90. The van der Waals surface area contributed by atoms with E-state index in [1.165, 1.54) is 0 Å². The van der Waals surface area contributed by atoms with Crippen LogP contribution >= 0.6 is 0 Å². The van der Waals surface area contributed by atoms with Gasteiger partial charge in [0, 0.05) is 25.5 Å². The van der Waals surface area contributed by atoms with E-state index in [-0.39, 0.29) is 0 Å². The quantitative estimate of drug-likeness (QED) is 0.617. The summed E-state index contributed by atoms with van der Waals surface area (Å²) in [6, 6.07) is 4.02. The lowest BCUT2D eigenvalue weighted by Gasteiger charge is -1.93. The first-order chi connectivity index (χ1) is 4.93. The number of aromatic nitrogens is 1. The van der Waals surface area contributed by atoms with Gasteiger partial charge in [0.2, 0.25) is 0 Å². The van der Waals surface area contributed by atoms with Crippen LogP contribution < -0.4 is 5.73 Å². The normalized spacial score (nSPS) is 10.9. The molecule has 0 atom stereocenters. The first-order valence-corrected chi connectivity index (χ1v) is 3.39. The van der Waals surface area contributed by atoms with E-state index >= 15 is 0 Å². The van der Waals surface area contributed by atoms with Crippen molar-refractivity contribution in [2.75, 3.05) is 6.54 Å². The Kier molecular flexibility index (Phi) is 2.77. The molecule has 0 bridgehead atoms. The molecule has 0 radical (unpaired) electrons. The van der Waals surface area contributed by atoms with Crippen LogP contribution in [0.3, 0.4) is 0 Å².